The van der Waals surface area contributed by atoms with Crippen LogP contribution in [0.2, 0.25) is 0 Å². The van der Waals surface area contributed by atoms with E-state index >= 15 is 0 Å². The molecule has 2 N–H and O–H groups in total. The van der Waals surface area contributed by atoms with Crippen molar-refractivity contribution in [1.29, 1.82) is 0 Å². The van der Waals surface area contributed by atoms with E-state index in [-0.39, 0.29) is 10.8 Å². The van der Waals surface area contributed by atoms with Crippen LogP contribution in [-0.4, -0.2) is 49.4 Å². The standard InChI is InChI=1S/C27H30N4O3S/c1-34-21-11-9-20(10-12-21)24(25-19-28-26-8-4-3-7-23(25)26)18-30-27-14-13-22(17-29-27)35(32,33)31-15-5-2-6-16-31/h3-4,7-14,17,19,24,28H,2,5-6,15-16,18H2,1H3,(H,29,30)/t24-/m1/s1. The quantitative estimate of drug-likeness (QED) is 0.363. The van der Waals surface area contributed by atoms with E-state index in [1.54, 1.807) is 23.5 Å². The van der Waals surface area contributed by atoms with E-state index in [9.17, 15) is 8.42 Å². The molecule has 0 bridgehead atoms. The molecule has 5 rings (SSSR count). The van der Waals surface area contributed by atoms with Gasteiger partial charge < -0.3 is 15.0 Å². The normalized spacial score (nSPS) is 15.7. The fraction of sp³-hybridized carbons (Fsp3) is 0.296. The molecule has 0 spiro atoms. The molecule has 35 heavy (non-hydrogen) atoms. The van der Waals surface area contributed by atoms with Gasteiger partial charge in [0.15, 0.2) is 0 Å². The van der Waals surface area contributed by atoms with E-state index < -0.39 is 10.0 Å². The van der Waals surface area contributed by atoms with Gasteiger partial charge in [-0.1, -0.05) is 36.8 Å². The van der Waals surface area contributed by atoms with Gasteiger partial charge in [0.05, 0.1) is 7.11 Å². The summed E-state index contributed by atoms with van der Waals surface area (Å²) in [5, 5.41) is 4.59. The number of methoxy groups -OCH3 is 1. The third kappa shape index (κ3) is 4.90. The molecule has 3 heterocycles. The summed E-state index contributed by atoms with van der Waals surface area (Å²) in [4.78, 5) is 8.05. The average Bonchev–Trinajstić information content (AvgIpc) is 3.34. The molecule has 1 atom stereocenters. The van der Waals surface area contributed by atoms with E-state index in [2.05, 4.69) is 45.7 Å². The van der Waals surface area contributed by atoms with Gasteiger partial charge in [-0.3, -0.25) is 0 Å². The van der Waals surface area contributed by atoms with Crippen LogP contribution in [0.4, 0.5) is 5.82 Å². The molecule has 0 aliphatic carbocycles. The summed E-state index contributed by atoms with van der Waals surface area (Å²) < 4.78 is 32.8. The lowest BCUT2D eigenvalue weighted by Crippen LogP contribution is -2.35. The molecule has 8 heteroatoms. The van der Waals surface area contributed by atoms with Gasteiger partial charge in [0, 0.05) is 48.8 Å². The summed E-state index contributed by atoms with van der Waals surface area (Å²) >= 11 is 0. The van der Waals surface area contributed by atoms with Gasteiger partial charge in [-0.15, -0.1) is 0 Å². The van der Waals surface area contributed by atoms with Gasteiger partial charge in [-0.25, -0.2) is 13.4 Å². The number of ether oxygens (including phenoxy) is 1. The predicted molar refractivity (Wildman–Crippen MR) is 138 cm³/mol. The van der Waals surface area contributed by atoms with E-state index in [1.165, 1.54) is 17.1 Å². The summed E-state index contributed by atoms with van der Waals surface area (Å²) in [6.45, 7) is 1.76. The maximum absolute atomic E-state index is 12.9. The van der Waals surface area contributed by atoms with Gasteiger partial charge in [0.1, 0.15) is 16.5 Å². The molecule has 4 aromatic rings. The molecule has 1 aliphatic heterocycles. The lowest BCUT2D eigenvalue weighted by atomic mass is 9.91. The molecule has 7 nitrogen and oxygen atoms in total. The Labute approximate surface area is 206 Å². The van der Waals surface area contributed by atoms with Crippen LogP contribution in [0.15, 0.2) is 78.0 Å². The van der Waals surface area contributed by atoms with Crippen molar-refractivity contribution >= 4 is 26.7 Å². The molecule has 182 valence electrons. The van der Waals surface area contributed by atoms with Crippen LogP contribution < -0.4 is 10.1 Å². The molecule has 0 radical (unpaired) electrons. The van der Waals surface area contributed by atoms with Crippen LogP contribution in [0.5, 0.6) is 5.75 Å². The second-order valence-corrected chi connectivity index (χ2v) is 10.8. The van der Waals surface area contributed by atoms with Crippen LogP contribution in [0.1, 0.15) is 36.3 Å². The van der Waals surface area contributed by atoms with E-state index in [0.29, 0.717) is 25.5 Å². The Kier molecular flexibility index (Phi) is 6.74. The first kappa shape index (κ1) is 23.4. The largest absolute Gasteiger partial charge is 0.497 e. The highest BCUT2D eigenvalue weighted by Gasteiger charge is 2.26. The number of hydrogen-bond acceptors (Lipinski definition) is 5. The highest BCUT2D eigenvalue weighted by atomic mass is 32.2. The Morgan fingerprint density at radius 1 is 1.03 bits per heavy atom. The summed E-state index contributed by atoms with van der Waals surface area (Å²) in [6.07, 6.45) is 6.42. The Hall–Kier alpha value is -3.36. The predicted octanol–water partition coefficient (Wildman–Crippen LogP) is 4.99. The van der Waals surface area contributed by atoms with E-state index in [4.69, 9.17) is 4.74 Å². The third-order valence-electron chi connectivity index (χ3n) is 6.69. The maximum Gasteiger partial charge on any atom is 0.244 e. The van der Waals surface area contributed by atoms with Crippen molar-refractivity contribution in [2.45, 2.75) is 30.1 Å². The van der Waals surface area contributed by atoms with Crippen molar-refractivity contribution in [2.24, 2.45) is 0 Å². The second kappa shape index (κ2) is 10.1. The number of nitrogens with one attached hydrogen (secondary N) is 2. The summed E-state index contributed by atoms with van der Waals surface area (Å²) in [5.74, 6) is 1.50. The SMILES string of the molecule is COc1ccc([C@@H](CNc2ccc(S(=O)(=O)N3CCCCC3)cn2)c2c[nH]c3ccccc23)cc1. The highest BCUT2D eigenvalue weighted by molar-refractivity contribution is 7.89. The third-order valence-corrected chi connectivity index (χ3v) is 8.57. The number of aromatic nitrogens is 2. The first-order chi connectivity index (χ1) is 17.1. The summed E-state index contributed by atoms with van der Waals surface area (Å²) in [7, 11) is -1.83. The lowest BCUT2D eigenvalue weighted by molar-refractivity contribution is 0.346. The van der Waals surface area contributed by atoms with Crippen molar-refractivity contribution in [1.82, 2.24) is 14.3 Å². The number of hydrogen-bond donors (Lipinski definition) is 2. The Balaban J connectivity index is 1.38. The number of anilines is 1. The van der Waals surface area contributed by atoms with Gasteiger partial charge in [0.2, 0.25) is 10.0 Å². The minimum atomic E-state index is -3.49. The Morgan fingerprint density at radius 3 is 2.51 bits per heavy atom. The lowest BCUT2D eigenvalue weighted by Gasteiger charge is -2.25. The van der Waals surface area contributed by atoms with Crippen LogP contribution in [0, 0.1) is 0 Å². The molecule has 2 aromatic carbocycles. The smallest absolute Gasteiger partial charge is 0.244 e. The molecule has 1 saturated heterocycles. The van der Waals surface area contributed by atoms with Crippen molar-refractivity contribution < 1.29 is 13.2 Å². The van der Waals surface area contributed by atoms with E-state index in [0.717, 1.165) is 36.1 Å². The number of nitrogens with zero attached hydrogens (tertiary/aromatic N) is 2. The number of pyridine rings is 1. The highest BCUT2D eigenvalue weighted by Crippen LogP contribution is 2.32. The Bertz CT molecular complexity index is 1380. The summed E-state index contributed by atoms with van der Waals surface area (Å²) in [6, 6.07) is 19.7. The fourth-order valence-corrected chi connectivity index (χ4v) is 6.19. The topological polar surface area (TPSA) is 87.3 Å². The molecule has 0 unspecified atom stereocenters. The number of sulfonamides is 1. The number of piperidine rings is 1. The number of benzene rings is 2. The number of aromatic amines is 1. The first-order valence-electron chi connectivity index (χ1n) is 12.0. The monoisotopic (exact) mass is 490 g/mol. The number of rotatable bonds is 8. The Morgan fingerprint density at radius 2 is 1.80 bits per heavy atom. The minimum Gasteiger partial charge on any atom is -0.497 e. The second-order valence-electron chi connectivity index (χ2n) is 8.84. The first-order valence-corrected chi connectivity index (χ1v) is 13.4. The van der Waals surface area contributed by atoms with Crippen LogP contribution in [0.25, 0.3) is 10.9 Å². The zero-order valence-electron chi connectivity index (χ0n) is 19.8. The van der Waals surface area contributed by atoms with Crippen LogP contribution >= 0.6 is 0 Å². The molecule has 1 aliphatic rings. The molecule has 0 saturated carbocycles. The molecule has 1 fully saturated rings. The fourth-order valence-electron chi connectivity index (χ4n) is 4.72. The van der Waals surface area contributed by atoms with Gasteiger partial charge in [-0.2, -0.15) is 4.31 Å². The zero-order valence-corrected chi connectivity index (χ0v) is 20.6. The maximum atomic E-state index is 12.9. The van der Waals surface area contributed by atoms with E-state index in [1.807, 2.05) is 24.3 Å². The van der Waals surface area contributed by atoms with Crippen LogP contribution in [-0.2, 0) is 10.0 Å². The van der Waals surface area contributed by atoms with Gasteiger partial charge >= 0.3 is 0 Å². The zero-order chi connectivity index (χ0) is 24.3. The molecule has 2 aromatic heterocycles. The summed E-state index contributed by atoms with van der Waals surface area (Å²) in [5.41, 5.74) is 3.42. The average molecular weight is 491 g/mol. The number of H-pyrrole nitrogens is 1. The number of para-hydroxylation sites is 1. The molecular weight excluding hydrogens is 460 g/mol. The van der Waals surface area contributed by atoms with Crippen molar-refractivity contribution in [3.8, 4) is 5.75 Å². The van der Waals surface area contributed by atoms with Crippen LogP contribution in [0.3, 0.4) is 0 Å². The number of fused-ring (bicyclic) bond motifs is 1. The van der Waals surface area contributed by atoms with Gasteiger partial charge in [0.25, 0.3) is 0 Å². The molecular formula is C27H30N4O3S. The van der Waals surface area contributed by atoms with Crippen molar-refractivity contribution in [3.05, 3.63) is 84.2 Å². The van der Waals surface area contributed by atoms with Gasteiger partial charge in [-0.05, 0) is 54.3 Å². The van der Waals surface area contributed by atoms with Crippen molar-refractivity contribution in [3.63, 3.8) is 0 Å². The molecule has 0 amide bonds. The van der Waals surface area contributed by atoms with Crippen molar-refractivity contribution in [2.75, 3.05) is 32.1 Å². The minimum absolute atomic E-state index is 0.0515.